The molecule has 0 bridgehead atoms. The average Bonchev–Trinajstić information content (AvgIpc) is 3.34. The molecule has 3 aromatic rings. The van der Waals surface area contributed by atoms with Crippen LogP contribution in [-0.4, -0.2) is 45.1 Å². The molecule has 2 aromatic heterocycles. The molecule has 0 N–H and O–H groups in total. The average molecular weight is 437 g/mol. The summed E-state index contributed by atoms with van der Waals surface area (Å²) in [5.74, 6) is 0.410. The van der Waals surface area contributed by atoms with E-state index in [0.29, 0.717) is 38.3 Å². The highest BCUT2D eigenvalue weighted by Crippen LogP contribution is 2.39. The van der Waals surface area contributed by atoms with Crippen molar-refractivity contribution in [2.24, 2.45) is 5.92 Å². The summed E-state index contributed by atoms with van der Waals surface area (Å²) in [4.78, 5) is 33.5. The van der Waals surface area contributed by atoms with Gasteiger partial charge in [0.2, 0.25) is 11.6 Å². The maximum Gasteiger partial charge on any atom is 0.353 e. The van der Waals surface area contributed by atoms with Crippen molar-refractivity contribution in [2.75, 3.05) is 24.6 Å². The van der Waals surface area contributed by atoms with E-state index in [-0.39, 0.29) is 29.1 Å². The smallest absolute Gasteiger partial charge is 0.353 e. The summed E-state index contributed by atoms with van der Waals surface area (Å²) in [6.45, 7) is 3.06. The van der Waals surface area contributed by atoms with E-state index in [4.69, 9.17) is 9.47 Å². The maximum atomic E-state index is 12.0. The number of anilines is 1. The fourth-order valence-electron chi connectivity index (χ4n) is 3.72. The minimum absolute atomic E-state index is 0.114. The molecule has 3 heterocycles. The third-order valence-electron chi connectivity index (χ3n) is 5.33. The van der Waals surface area contributed by atoms with Crippen LogP contribution in [0.5, 0.6) is 11.5 Å². The highest BCUT2D eigenvalue weighted by Gasteiger charge is 2.32. The molecule has 0 saturated carbocycles. The zero-order valence-electron chi connectivity index (χ0n) is 17.6. The Morgan fingerprint density at radius 1 is 1.19 bits per heavy atom. The lowest BCUT2D eigenvalue weighted by atomic mass is 9.97. The topological polar surface area (TPSA) is 113 Å². The molecule has 0 unspecified atom stereocenters. The van der Waals surface area contributed by atoms with Crippen LogP contribution in [0.2, 0.25) is 0 Å². The van der Waals surface area contributed by atoms with Gasteiger partial charge in [-0.3, -0.25) is 14.9 Å². The van der Waals surface area contributed by atoms with E-state index < -0.39 is 4.92 Å². The largest absolute Gasteiger partial charge is 0.466 e. The molecule has 1 aromatic carbocycles. The molecule has 10 heteroatoms. The molecule has 1 aliphatic rings. The number of imidazole rings is 1. The molecule has 166 valence electrons. The van der Waals surface area contributed by atoms with Crippen molar-refractivity contribution < 1.29 is 19.2 Å². The second-order valence-corrected chi connectivity index (χ2v) is 7.32. The predicted octanol–water partition coefficient (Wildman–Crippen LogP) is 3.75. The Balaban J connectivity index is 1.53. The summed E-state index contributed by atoms with van der Waals surface area (Å²) in [6, 6.07) is 8.64. The minimum atomic E-state index is -0.477. The van der Waals surface area contributed by atoms with Crippen LogP contribution >= 0.6 is 0 Å². The van der Waals surface area contributed by atoms with Gasteiger partial charge in [-0.1, -0.05) is 0 Å². The molecule has 0 atom stereocenters. The highest BCUT2D eigenvalue weighted by molar-refractivity contribution is 5.73. The SMILES string of the molecule is CCOC(=O)C1CCN(c2nccc(Oc3ccc(-n4ccnc4)cc3)c2[N+](=O)[O-])CC1. The fourth-order valence-corrected chi connectivity index (χ4v) is 3.72. The molecule has 0 amide bonds. The third-order valence-corrected chi connectivity index (χ3v) is 5.33. The van der Waals surface area contributed by atoms with Crippen LogP contribution in [0.4, 0.5) is 11.5 Å². The molecule has 10 nitrogen and oxygen atoms in total. The van der Waals surface area contributed by atoms with E-state index in [1.165, 1.54) is 12.3 Å². The lowest BCUT2D eigenvalue weighted by molar-refractivity contribution is -0.385. The van der Waals surface area contributed by atoms with E-state index in [9.17, 15) is 14.9 Å². The molecule has 0 spiro atoms. The summed E-state index contributed by atoms with van der Waals surface area (Å²) in [6.07, 6.45) is 7.79. The van der Waals surface area contributed by atoms with Gasteiger partial charge in [0.1, 0.15) is 5.75 Å². The minimum Gasteiger partial charge on any atom is -0.466 e. The number of nitro groups is 1. The molecular weight excluding hydrogens is 414 g/mol. The van der Waals surface area contributed by atoms with E-state index in [2.05, 4.69) is 9.97 Å². The molecule has 4 rings (SSSR count). The summed E-state index contributed by atoms with van der Waals surface area (Å²) >= 11 is 0. The summed E-state index contributed by atoms with van der Waals surface area (Å²) in [5, 5.41) is 11.9. The van der Waals surface area contributed by atoms with Crippen LogP contribution in [0, 0.1) is 16.0 Å². The normalized spacial score (nSPS) is 14.2. The first-order chi connectivity index (χ1) is 15.6. The number of carbonyl (C=O) groups is 1. The second kappa shape index (κ2) is 9.46. The van der Waals surface area contributed by atoms with Crippen molar-refractivity contribution in [3.05, 3.63) is 65.4 Å². The van der Waals surface area contributed by atoms with Gasteiger partial charge < -0.3 is 18.9 Å². The van der Waals surface area contributed by atoms with Crippen molar-refractivity contribution in [1.29, 1.82) is 0 Å². The fraction of sp³-hybridized carbons (Fsp3) is 0.318. The monoisotopic (exact) mass is 437 g/mol. The van der Waals surface area contributed by atoms with Crippen molar-refractivity contribution in [3.63, 3.8) is 0 Å². The van der Waals surface area contributed by atoms with Gasteiger partial charge in [0.15, 0.2) is 0 Å². The number of hydrogen-bond donors (Lipinski definition) is 0. The van der Waals surface area contributed by atoms with E-state index in [1.54, 1.807) is 31.6 Å². The lowest BCUT2D eigenvalue weighted by Gasteiger charge is -2.31. The zero-order chi connectivity index (χ0) is 22.5. The van der Waals surface area contributed by atoms with Crippen LogP contribution in [0.25, 0.3) is 5.69 Å². The van der Waals surface area contributed by atoms with E-state index in [0.717, 1.165) is 5.69 Å². The Morgan fingerprint density at radius 3 is 2.56 bits per heavy atom. The zero-order valence-corrected chi connectivity index (χ0v) is 17.6. The van der Waals surface area contributed by atoms with Gasteiger partial charge in [-0.2, -0.15) is 0 Å². The summed E-state index contributed by atoms with van der Waals surface area (Å²) < 4.78 is 12.8. The second-order valence-electron chi connectivity index (χ2n) is 7.32. The van der Waals surface area contributed by atoms with Crippen LogP contribution in [0.1, 0.15) is 19.8 Å². The molecule has 1 saturated heterocycles. The van der Waals surface area contributed by atoms with Gasteiger partial charge in [0.05, 0.1) is 23.8 Å². The number of piperidine rings is 1. The van der Waals surface area contributed by atoms with Crippen LogP contribution in [0.3, 0.4) is 0 Å². The van der Waals surface area contributed by atoms with Crippen molar-refractivity contribution >= 4 is 17.5 Å². The summed E-state index contributed by atoms with van der Waals surface area (Å²) in [5.41, 5.74) is 0.699. The van der Waals surface area contributed by atoms with Crippen molar-refractivity contribution in [1.82, 2.24) is 14.5 Å². The van der Waals surface area contributed by atoms with Crippen LogP contribution in [0.15, 0.2) is 55.2 Å². The van der Waals surface area contributed by atoms with Crippen molar-refractivity contribution in [3.8, 4) is 17.2 Å². The highest BCUT2D eigenvalue weighted by atomic mass is 16.6. The predicted molar refractivity (Wildman–Crippen MR) is 116 cm³/mol. The third kappa shape index (κ3) is 4.53. The Hall–Kier alpha value is -3.95. The molecule has 32 heavy (non-hydrogen) atoms. The van der Waals surface area contributed by atoms with E-state index >= 15 is 0 Å². The van der Waals surface area contributed by atoms with Gasteiger partial charge in [0.25, 0.3) is 0 Å². The Morgan fingerprint density at radius 2 is 1.94 bits per heavy atom. The quantitative estimate of drug-likeness (QED) is 0.312. The molecule has 0 aliphatic carbocycles. The molecular formula is C22H23N5O5. The molecule has 1 fully saturated rings. The molecule has 0 radical (unpaired) electrons. The Bertz CT molecular complexity index is 1080. The lowest BCUT2D eigenvalue weighted by Crippen LogP contribution is -2.37. The number of ether oxygens (including phenoxy) is 2. The number of pyridine rings is 1. The standard InChI is InChI=1S/C22H23N5O5/c1-2-31-22(28)16-8-12-25(13-9-16)21-20(27(29)30)19(7-10-24-21)32-18-5-3-17(4-6-18)26-14-11-23-15-26/h3-7,10-11,14-16H,2,8-9,12-13H2,1H3. The molecule has 1 aliphatic heterocycles. The van der Waals surface area contributed by atoms with E-state index in [1.807, 2.05) is 27.8 Å². The number of rotatable bonds is 7. The van der Waals surface area contributed by atoms with Crippen LogP contribution in [-0.2, 0) is 9.53 Å². The first-order valence-corrected chi connectivity index (χ1v) is 10.4. The van der Waals surface area contributed by atoms with Gasteiger partial charge in [-0.15, -0.1) is 0 Å². The Labute approximate surface area is 184 Å². The number of hydrogen-bond acceptors (Lipinski definition) is 8. The van der Waals surface area contributed by atoms with Gasteiger partial charge in [0, 0.05) is 43.4 Å². The summed E-state index contributed by atoms with van der Waals surface area (Å²) in [7, 11) is 0. The first-order valence-electron chi connectivity index (χ1n) is 10.4. The van der Waals surface area contributed by atoms with Gasteiger partial charge in [-0.25, -0.2) is 9.97 Å². The number of nitrogens with zero attached hydrogens (tertiary/aromatic N) is 5. The van der Waals surface area contributed by atoms with Crippen LogP contribution < -0.4 is 9.64 Å². The van der Waals surface area contributed by atoms with Crippen molar-refractivity contribution in [2.45, 2.75) is 19.8 Å². The number of carbonyl (C=O) groups excluding carboxylic acids is 1. The first kappa shape index (κ1) is 21.3. The Kier molecular flexibility index (Phi) is 6.29. The number of benzene rings is 1. The maximum absolute atomic E-state index is 12.0. The van der Waals surface area contributed by atoms with Gasteiger partial charge >= 0.3 is 11.7 Å². The number of esters is 1. The van der Waals surface area contributed by atoms with Gasteiger partial charge in [-0.05, 0) is 44.0 Å². The number of aromatic nitrogens is 3.